The molecule has 0 saturated carbocycles. The van der Waals surface area contributed by atoms with Crippen LogP contribution in [0, 0.1) is 5.92 Å². The van der Waals surface area contributed by atoms with E-state index in [1.807, 2.05) is 0 Å². The van der Waals surface area contributed by atoms with Crippen LogP contribution in [0.1, 0.15) is 24.6 Å². The minimum atomic E-state index is 0.0453. The van der Waals surface area contributed by atoms with Crippen molar-refractivity contribution >= 4 is 17.2 Å². The second kappa shape index (κ2) is 6.17. The van der Waals surface area contributed by atoms with Crippen LogP contribution >= 0.6 is 11.3 Å². The largest absolute Gasteiger partial charge is 0.354 e. The van der Waals surface area contributed by atoms with Gasteiger partial charge < -0.3 is 10.6 Å². The molecule has 0 bridgehead atoms. The second-order valence-corrected chi connectivity index (χ2v) is 5.81. The van der Waals surface area contributed by atoms with Crippen molar-refractivity contribution < 1.29 is 4.79 Å². The Balaban J connectivity index is 1.68. The highest BCUT2D eigenvalue weighted by molar-refractivity contribution is 7.09. The van der Waals surface area contributed by atoms with Crippen molar-refractivity contribution in [2.45, 2.75) is 32.2 Å². The molecule has 0 aliphatic carbocycles. The number of thiophene rings is 1. The minimum Gasteiger partial charge on any atom is -0.354 e. The molecular weight excluding hydrogens is 232 g/mol. The van der Waals surface area contributed by atoms with Crippen molar-refractivity contribution in [3.05, 3.63) is 22.4 Å². The third kappa shape index (κ3) is 3.82. The molecule has 2 atom stereocenters. The normalized spacial score (nSPS) is 21.4. The Hall–Kier alpha value is -0.870. The molecule has 2 unspecified atom stereocenters. The van der Waals surface area contributed by atoms with E-state index in [-0.39, 0.29) is 11.9 Å². The molecule has 4 heteroatoms. The lowest BCUT2D eigenvalue weighted by molar-refractivity contribution is -0.122. The van der Waals surface area contributed by atoms with Crippen LogP contribution in [0.2, 0.25) is 0 Å². The lowest BCUT2D eigenvalue weighted by Gasteiger charge is -2.14. The average Bonchev–Trinajstić information content (AvgIpc) is 2.97. The summed E-state index contributed by atoms with van der Waals surface area (Å²) in [6, 6.07) is 4.28. The minimum absolute atomic E-state index is 0.0453. The molecule has 1 aromatic heterocycles. The molecule has 94 valence electrons. The Morgan fingerprint density at radius 3 is 3.24 bits per heavy atom. The van der Waals surface area contributed by atoms with E-state index in [4.69, 9.17) is 0 Å². The Morgan fingerprint density at radius 2 is 2.59 bits per heavy atom. The fourth-order valence-corrected chi connectivity index (χ4v) is 3.02. The first-order valence-corrected chi connectivity index (χ1v) is 7.17. The predicted molar refractivity (Wildman–Crippen MR) is 71.2 cm³/mol. The molecule has 1 fully saturated rings. The van der Waals surface area contributed by atoms with E-state index < -0.39 is 0 Å². The second-order valence-electron chi connectivity index (χ2n) is 4.78. The van der Waals surface area contributed by atoms with Gasteiger partial charge in [-0.15, -0.1) is 11.3 Å². The van der Waals surface area contributed by atoms with Gasteiger partial charge in [-0.2, -0.15) is 0 Å². The summed E-state index contributed by atoms with van der Waals surface area (Å²) in [4.78, 5) is 13.2. The highest BCUT2D eigenvalue weighted by Gasteiger charge is 2.21. The van der Waals surface area contributed by atoms with Crippen molar-refractivity contribution in [2.24, 2.45) is 5.92 Å². The van der Waals surface area contributed by atoms with Crippen LogP contribution in [0.15, 0.2) is 17.5 Å². The summed E-state index contributed by atoms with van der Waals surface area (Å²) in [5.74, 6) is 0.666. The van der Waals surface area contributed by atoms with Gasteiger partial charge in [0, 0.05) is 11.4 Å². The molecule has 1 aliphatic rings. The Labute approximate surface area is 107 Å². The zero-order valence-electron chi connectivity index (χ0n) is 10.2. The van der Waals surface area contributed by atoms with Crippen LogP contribution in [0.3, 0.4) is 0 Å². The first-order valence-electron chi connectivity index (χ1n) is 6.29. The van der Waals surface area contributed by atoms with Crippen molar-refractivity contribution in [3.8, 4) is 0 Å². The van der Waals surface area contributed by atoms with Crippen LogP contribution in [-0.2, 0) is 11.2 Å². The van der Waals surface area contributed by atoms with Crippen molar-refractivity contribution in [3.63, 3.8) is 0 Å². The van der Waals surface area contributed by atoms with Crippen molar-refractivity contribution in [1.29, 1.82) is 0 Å². The van der Waals surface area contributed by atoms with Gasteiger partial charge >= 0.3 is 0 Å². The van der Waals surface area contributed by atoms with E-state index in [1.54, 1.807) is 11.3 Å². The summed E-state index contributed by atoms with van der Waals surface area (Å²) in [5.41, 5.74) is 0. The Bertz CT molecular complexity index is 344. The van der Waals surface area contributed by atoms with Gasteiger partial charge in [0.15, 0.2) is 0 Å². The molecule has 3 nitrogen and oxygen atoms in total. The number of nitrogens with one attached hydrogen (secondary N) is 2. The van der Waals surface area contributed by atoms with Gasteiger partial charge in [0.2, 0.25) is 5.91 Å². The lowest BCUT2D eigenvalue weighted by atomic mass is 10.1. The summed E-state index contributed by atoms with van der Waals surface area (Å²) in [6.45, 7) is 3.93. The third-order valence-corrected chi connectivity index (χ3v) is 4.03. The fraction of sp³-hybridized carbons (Fsp3) is 0.615. The molecule has 2 heterocycles. The highest BCUT2D eigenvalue weighted by atomic mass is 32.1. The van der Waals surface area contributed by atoms with E-state index >= 15 is 0 Å². The number of carbonyl (C=O) groups is 1. The van der Waals surface area contributed by atoms with Gasteiger partial charge in [-0.3, -0.25) is 4.79 Å². The quantitative estimate of drug-likeness (QED) is 0.839. The molecule has 0 aromatic carbocycles. The summed E-state index contributed by atoms with van der Waals surface area (Å²) in [7, 11) is 0. The summed E-state index contributed by atoms with van der Waals surface area (Å²) >= 11 is 1.79. The van der Waals surface area contributed by atoms with Crippen molar-refractivity contribution in [2.75, 3.05) is 13.1 Å². The first kappa shape index (κ1) is 12.6. The molecule has 1 aromatic rings. The fourth-order valence-electron chi connectivity index (χ4n) is 2.15. The lowest BCUT2D eigenvalue weighted by Crippen LogP contribution is -2.42. The van der Waals surface area contributed by atoms with Crippen LogP contribution in [0.25, 0.3) is 0 Å². The zero-order chi connectivity index (χ0) is 12.1. The molecule has 0 spiro atoms. The number of amides is 1. The average molecular weight is 252 g/mol. The smallest absolute Gasteiger partial charge is 0.237 e. The van der Waals surface area contributed by atoms with Crippen LogP contribution in [0.4, 0.5) is 0 Å². The zero-order valence-corrected chi connectivity index (χ0v) is 11.1. The first-order chi connectivity index (χ1) is 8.25. The van der Waals surface area contributed by atoms with E-state index in [9.17, 15) is 4.79 Å². The van der Waals surface area contributed by atoms with E-state index in [0.717, 1.165) is 32.4 Å². The molecule has 2 N–H and O–H groups in total. The summed E-state index contributed by atoms with van der Waals surface area (Å²) in [6.07, 6.45) is 3.14. The molecule has 17 heavy (non-hydrogen) atoms. The predicted octanol–water partition coefficient (Wildman–Crippen LogP) is 1.79. The molecule has 1 aliphatic heterocycles. The van der Waals surface area contributed by atoms with Crippen LogP contribution in [-0.4, -0.2) is 25.0 Å². The monoisotopic (exact) mass is 252 g/mol. The maximum atomic E-state index is 11.8. The Morgan fingerprint density at radius 1 is 1.71 bits per heavy atom. The molecule has 2 rings (SSSR count). The highest BCUT2D eigenvalue weighted by Crippen LogP contribution is 2.14. The standard InChI is InChI=1S/C13H20N2OS/c1-10(8-11-4-3-7-17-11)9-15-13(16)12-5-2-6-14-12/h3-4,7,10,12,14H,2,5-6,8-9H2,1H3,(H,15,16). The van der Waals surface area contributed by atoms with Gasteiger partial charge in [-0.1, -0.05) is 13.0 Å². The van der Waals surface area contributed by atoms with Crippen LogP contribution < -0.4 is 10.6 Å². The summed E-state index contributed by atoms with van der Waals surface area (Å²) in [5, 5.41) is 8.36. The molecule has 0 radical (unpaired) electrons. The molecule has 1 saturated heterocycles. The maximum absolute atomic E-state index is 11.8. The van der Waals surface area contributed by atoms with Gasteiger partial charge in [-0.05, 0) is 43.2 Å². The van der Waals surface area contributed by atoms with E-state index in [1.165, 1.54) is 4.88 Å². The SMILES string of the molecule is CC(CNC(=O)C1CCCN1)Cc1cccs1. The van der Waals surface area contributed by atoms with Gasteiger partial charge in [-0.25, -0.2) is 0 Å². The third-order valence-electron chi connectivity index (χ3n) is 3.13. The number of hydrogen-bond donors (Lipinski definition) is 2. The number of rotatable bonds is 5. The van der Waals surface area contributed by atoms with Gasteiger partial charge in [0.1, 0.15) is 0 Å². The van der Waals surface area contributed by atoms with E-state index in [0.29, 0.717) is 5.92 Å². The Kier molecular flexibility index (Phi) is 4.57. The van der Waals surface area contributed by atoms with E-state index in [2.05, 4.69) is 35.1 Å². The summed E-state index contributed by atoms with van der Waals surface area (Å²) < 4.78 is 0. The maximum Gasteiger partial charge on any atom is 0.237 e. The van der Waals surface area contributed by atoms with Gasteiger partial charge in [0.25, 0.3) is 0 Å². The molecule has 1 amide bonds. The van der Waals surface area contributed by atoms with Crippen LogP contribution in [0.5, 0.6) is 0 Å². The van der Waals surface area contributed by atoms with Crippen molar-refractivity contribution in [1.82, 2.24) is 10.6 Å². The topological polar surface area (TPSA) is 41.1 Å². The number of carbonyl (C=O) groups excluding carboxylic acids is 1. The van der Waals surface area contributed by atoms with Gasteiger partial charge in [0.05, 0.1) is 6.04 Å². The number of hydrogen-bond acceptors (Lipinski definition) is 3. The molecular formula is C13H20N2OS.